The minimum absolute atomic E-state index is 0.694. The summed E-state index contributed by atoms with van der Waals surface area (Å²) in [6, 6.07) is 10.2. The van der Waals surface area contributed by atoms with Crippen LogP contribution in [-0.2, 0) is 6.54 Å². The molecule has 2 aromatic heterocycles. The van der Waals surface area contributed by atoms with Gasteiger partial charge in [0.15, 0.2) is 0 Å². The average molecular weight is 253 g/mol. The summed E-state index contributed by atoms with van der Waals surface area (Å²) in [4.78, 5) is 4.51. The summed E-state index contributed by atoms with van der Waals surface area (Å²) in [7, 11) is 0. The van der Waals surface area contributed by atoms with Crippen molar-refractivity contribution < 1.29 is 0 Å². The zero-order valence-electron chi connectivity index (χ0n) is 10.7. The van der Waals surface area contributed by atoms with Gasteiger partial charge in [-0.05, 0) is 19.1 Å². The Kier molecular flexibility index (Phi) is 3.02. The van der Waals surface area contributed by atoms with Crippen LogP contribution in [0.25, 0.3) is 5.69 Å². The van der Waals surface area contributed by atoms with E-state index in [-0.39, 0.29) is 0 Å². The minimum Gasteiger partial charge on any atom is -0.351 e. The summed E-state index contributed by atoms with van der Waals surface area (Å²) >= 11 is 0. The predicted molar refractivity (Wildman–Crippen MR) is 74.2 cm³/mol. The van der Waals surface area contributed by atoms with Crippen LogP contribution in [-0.4, -0.2) is 19.7 Å². The number of imidazole rings is 1. The number of nitrogens with zero attached hydrogens (tertiary/aromatic N) is 3. The summed E-state index contributed by atoms with van der Waals surface area (Å²) in [6.45, 7) is 2.68. The van der Waals surface area contributed by atoms with E-state index in [1.165, 1.54) is 0 Å². The smallest absolute Gasteiger partial charge is 0.208 e. The molecule has 0 aliphatic heterocycles. The van der Waals surface area contributed by atoms with Crippen molar-refractivity contribution in [2.24, 2.45) is 0 Å². The lowest BCUT2D eigenvalue weighted by Gasteiger charge is -2.08. The van der Waals surface area contributed by atoms with Crippen molar-refractivity contribution in [3.63, 3.8) is 0 Å². The van der Waals surface area contributed by atoms with E-state index in [1.54, 1.807) is 6.20 Å². The zero-order valence-corrected chi connectivity index (χ0v) is 10.7. The van der Waals surface area contributed by atoms with Gasteiger partial charge in [0.25, 0.3) is 0 Å². The number of aryl methyl sites for hydroxylation is 1. The fraction of sp³-hybridized carbons (Fsp3) is 0.143. The molecule has 0 radical (unpaired) electrons. The van der Waals surface area contributed by atoms with Crippen LogP contribution < -0.4 is 5.32 Å². The molecule has 0 atom stereocenters. The number of H-pyrrole nitrogens is 1. The van der Waals surface area contributed by atoms with Crippen LogP contribution in [0.1, 0.15) is 11.3 Å². The molecule has 3 aromatic rings. The van der Waals surface area contributed by atoms with E-state index in [2.05, 4.69) is 37.2 Å². The summed E-state index contributed by atoms with van der Waals surface area (Å²) in [5.41, 5.74) is 3.18. The third-order valence-corrected chi connectivity index (χ3v) is 2.87. The molecule has 0 aliphatic carbocycles. The van der Waals surface area contributed by atoms with Gasteiger partial charge < -0.3 is 5.32 Å². The van der Waals surface area contributed by atoms with Crippen LogP contribution in [0, 0.1) is 6.92 Å². The molecule has 0 amide bonds. The normalized spacial score (nSPS) is 10.6. The number of aromatic amines is 1. The molecule has 0 saturated heterocycles. The molecule has 0 spiro atoms. The van der Waals surface area contributed by atoms with Gasteiger partial charge in [0.1, 0.15) is 0 Å². The predicted octanol–water partition coefficient (Wildman–Crippen LogP) is 2.52. The second-order valence-corrected chi connectivity index (χ2v) is 4.37. The van der Waals surface area contributed by atoms with E-state index in [9.17, 15) is 0 Å². The molecule has 96 valence electrons. The maximum absolute atomic E-state index is 4.51. The van der Waals surface area contributed by atoms with E-state index in [1.807, 2.05) is 37.5 Å². The van der Waals surface area contributed by atoms with Crippen LogP contribution in [0.4, 0.5) is 5.95 Å². The molecule has 5 nitrogen and oxygen atoms in total. The molecule has 0 aliphatic rings. The molecule has 0 fully saturated rings. The Morgan fingerprint density at radius 3 is 2.84 bits per heavy atom. The third kappa shape index (κ3) is 2.49. The molecular weight excluding hydrogens is 238 g/mol. The first-order chi connectivity index (χ1) is 9.33. The van der Waals surface area contributed by atoms with E-state index < -0.39 is 0 Å². The van der Waals surface area contributed by atoms with Crippen molar-refractivity contribution in [1.82, 2.24) is 19.7 Å². The highest BCUT2D eigenvalue weighted by Crippen LogP contribution is 2.16. The van der Waals surface area contributed by atoms with Gasteiger partial charge in [-0.1, -0.05) is 18.2 Å². The largest absolute Gasteiger partial charge is 0.351 e. The number of aromatic nitrogens is 4. The monoisotopic (exact) mass is 253 g/mol. The van der Waals surface area contributed by atoms with Crippen molar-refractivity contribution in [3.8, 4) is 5.69 Å². The lowest BCUT2D eigenvalue weighted by molar-refractivity contribution is 1.00. The molecule has 19 heavy (non-hydrogen) atoms. The Labute approximate surface area is 111 Å². The molecule has 0 bridgehead atoms. The lowest BCUT2D eigenvalue weighted by Crippen LogP contribution is -2.05. The summed E-state index contributed by atoms with van der Waals surface area (Å²) in [5, 5.41) is 10.1. The highest BCUT2D eigenvalue weighted by atomic mass is 15.2. The zero-order chi connectivity index (χ0) is 13.1. The molecule has 0 unspecified atom stereocenters. The van der Waals surface area contributed by atoms with E-state index in [0.29, 0.717) is 6.54 Å². The van der Waals surface area contributed by atoms with Crippen LogP contribution in [0.5, 0.6) is 0 Å². The first kappa shape index (κ1) is 11.5. The maximum atomic E-state index is 4.51. The fourth-order valence-corrected chi connectivity index (χ4v) is 1.96. The van der Waals surface area contributed by atoms with Gasteiger partial charge in [-0.15, -0.1) is 0 Å². The Bertz CT molecular complexity index is 640. The van der Waals surface area contributed by atoms with Crippen LogP contribution in [0.2, 0.25) is 0 Å². The number of benzene rings is 1. The maximum Gasteiger partial charge on any atom is 0.208 e. The van der Waals surface area contributed by atoms with Gasteiger partial charge in [-0.2, -0.15) is 5.10 Å². The second-order valence-electron chi connectivity index (χ2n) is 4.37. The van der Waals surface area contributed by atoms with Crippen molar-refractivity contribution in [2.45, 2.75) is 13.5 Å². The van der Waals surface area contributed by atoms with Crippen LogP contribution in [0.15, 0.2) is 48.9 Å². The van der Waals surface area contributed by atoms with Crippen molar-refractivity contribution in [1.29, 1.82) is 0 Å². The lowest BCUT2D eigenvalue weighted by atomic mass is 10.3. The molecular formula is C14H15N5. The fourth-order valence-electron chi connectivity index (χ4n) is 1.96. The number of rotatable bonds is 4. The van der Waals surface area contributed by atoms with E-state index >= 15 is 0 Å². The summed E-state index contributed by atoms with van der Waals surface area (Å²) < 4.78 is 2.05. The van der Waals surface area contributed by atoms with Crippen molar-refractivity contribution in [2.75, 3.05) is 5.32 Å². The number of anilines is 1. The molecule has 1 aromatic carbocycles. The number of hydrogen-bond acceptors (Lipinski definition) is 3. The molecule has 2 N–H and O–H groups in total. The van der Waals surface area contributed by atoms with Gasteiger partial charge in [0, 0.05) is 30.2 Å². The Balaban J connectivity index is 1.85. The Morgan fingerprint density at radius 1 is 1.26 bits per heavy atom. The first-order valence-electron chi connectivity index (χ1n) is 6.16. The van der Waals surface area contributed by atoms with Crippen LogP contribution in [0.3, 0.4) is 0 Å². The van der Waals surface area contributed by atoms with Gasteiger partial charge in [0.05, 0.1) is 11.9 Å². The van der Waals surface area contributed by atoms with Crippen LogP contribution >= 0.6 is 0 Å². The number of nitrogens with one attached hydrogen (secondary N) is 2. The summed E-state index contributed by atoms with van der Waals surface area (Å²) in [6.07, 6.45) is 5.69. The first-order valence-corrected chi connectivity index (χ1v) is 6.16. The average Bonchev–Trinajstić information content (AvgIpc) is 3.06. The molecule has 3 rings (SSSR count). The van der Waals surface area contributed by atoms with Gasteiger partial charge >= 0.3 is 0 Å². The highest BCUT2D eigenvalue weighted by molar-refractivity contribution is 5.43. The third-order valence-electron chi connectivity index (χ3n) is 2.87. The van der Waals surface area contributed by atoms with Crippen molar-refractivity contribution >= 4 is 5.95 Å². The second kappa shape index (κ2) is 4.97. The highest BCUT2D eigenvalue weighted by Gasteiger charge is 2.07. The van der Waals surface area contributed by atoms with Crippen molar-refractivity contribution in [3.05, 3.63) is 60.2 Å². The van der Waals surface area contributed by atoms with Gasteiger partial charge in [-0.25, -0.2) is 4.98 Å². The quantitative estimate of drug-likeness (QED) is 0.751. The Morgan fingerprint density at radius 2 is 2.11 bits per heavy atom. The number of hydrogen-bond donors (Lipinski definition) is 2. The van der Waals surface area contributed by atoms with Gasteiger partial charge in [0.2, 0.25) is 5.95 Å². The summed E-state index contributed by atoms with van der Waals surface area (Å²) in [5.74, 6) is 0.838. The molecule has 2 heterocycles. The van der Waals surface area contributed by atoms with E-state index in [0.717, 1.165) is 22.9 Å². The SMILES string of the molecule is Cc1cn(-c2ccccc2)c(NCc2cn[nH]c2)n1. The minimum atomic E-state index is 0.694. The van der Waals surface area contributed by atoms with Gasteiger partial charge in [-0.3, -0.25) is 9.67 Å². The standard InChI is InChI=1S/C14H15N5/c1-11-10-19(13-5-3-2-4-6-13)14(18-11)15-7-12-8-16-17-9-12/h2-6,8-10H,7H2,1H3,(H,15,18)(H,16,17). The molecule has 5 heteroatoms. The van der Waals surface area contributed by atoms with E-state index in [4.69, 9.17) is 0 Å². The topological polar surface area (TPSA) is 58.5 Å². The molecule has 0 saturated carbocycles. The Hall–Kier alpha value is -2.56. The number of para-hydroxylation sites is 1.